The van der Waals surface area contributed by atoms with Gasteiger partial charge in [-0.1, -0.05) is 92.8 Å². The van der Waals surface area contributed by atoms with E-state index in [2.05, 4.69) is 54.9 Å². The van der Waals surface area contributed by atoms with Crippen molar-refractivity contribution in [2.75, 3.05) is 26.2 Å². The van der Waals surface area contributed by atoms with E-state index in [0.717, 1.165) is 30.8 Å². The van der Waals surface area contributed by atoms with Crippen LogP contribution in [0.4, 0.5) is 0 Å². The molecule has 0 aliphatic rings. The molecule has 0 amide bonds. The Kier molecular flexibility index (Phi) is 8.83. The lowest BCUT2D eigenvalue weighted by Gasteiger charge is -2.18. The fraction of sp³-hybridized carbons (Fsp3) is 0.391. The van der Waals surface area contributed by atoms with Crippen molar-refractivity contribution in [2.24, 2.45) is 0 Å². The van der Waals surface area contributed by atoms with Crippen molar-refractivity contribution in [3.63, 3.8) is 0 Å². The van der Waals surface area contributed by atoms with E-state index in [1.165, 1.54) is 12.8 Å². The molecule has 132 valence electrons. The summed E-state index contributed by atoms with van der Waals surface area (Å²) >= 11 is 0. The lowest BCUT2D eigenvalue weighted by Crippen LogP contribution is -2.24. The molecule has 0 spiro atoms. The van der Waals surface area contributed by atoms with Gasteiger partial charge in [-0.3, -0.25) is 4.90 Å². The zero-order chi connectivity index (χ0) is 17.7. The minimum Gasteiger partial charge on any atom is -0.356 e. The first-order chi connectivity index (χ1) is 12.3. The second-order valence-corrected chi connectivity index (χ2v) is 6.09. The van der Waals surface area contributed by atoms with E-state index in [0.29, 0.717) is 6.61 Å². The molecule has 25 heavy (non-hydrogen) atoms. The smallest absolute Gasteiger partial charge is 0.109 e. The summed E-state index contributed by atoms with van der Waals surface area (Å²) in [6.07, 6.45) is 2.39. The molecule has 0 fully saturated rings. The molecule has 0 aliphatic carbocycles. The summed E-state index contributed by atoms with van der Waals surface area (Å²) in [5.74, 6) is 6.44. The highest BCUT2D eigenvalue weighted by atomic mass is 16.5. The number of hydrogen-bond acceptors (Lipinski definition) is 2. The van der Waals surface area contributed by atoms with Crippen LogP contribution in [0.2, 0.25) is 0 Å². The van der Waals surface area contributed by atoms with Crippen LogP contribution >= 0.6 is 0 Å². The first-order valence-corrected chi connectivity index (χ1v) is 9.24. The van der Waals surface area contributed by atoms with Gasteiger partial charge in [-0.2, -0.15) is 0 Å². The highest BCUT2D eigenvalue weighted by molar-refractivity contribution is 5.30. The molecule has 0 saturated carbocycles. The predicted octanol–water partition coefficient (Wildman–Crippen LogP) is 4.92. The molecule has 0 heterocycles. The van der Waals surface area contributed by atoms with Crippen molar-refractivity contribution in [3.05, 3.63) is 71.8 Å². The Labute approximate surface area is 152 Å². The maximum Gasteiger partial charge on any atom is 0.109 e. The molecule has 0 N–H and O–H groups in total. The monoisotopic (exact) mass is 335 g/mol. The number of ether oxygens (including phenoxy) is 1. The standard InChI is InChI=1S/C23H29NO/c1-3-5-18-24(4-2)19-12-13-20-25-23(21-14-8-6-9-15-21)22-16-10-7-11-17-22/h6-11,14-17,23H,3-5,18-20H2,1-2H3. The molecule has 2 aromatic carbocycles. The average molecular weight is 335 g/mol. The lowest BCUT2D eigenvalue weighted by atomic mass is 10.0. The van der Waals surface area contributed by atoms with Gasteiger partial charge in [0, 0.05) is 0 Å². The van der Waals surface area contributed by atoms with Crippen LogP contribution in [0, 0.1) is 11.8 Å². The minimum absolute atomic E-state index is 0.0703. The molecule has 0 saturated heterocycles. The van der Waals surface area contributed by atoms with Crippen molar-refractivity contribution in [2.45, 2.75) is 32.8 Å². The van der Waals surface area contributed by atoms with Gasteiger partial charge in [0.1, 0.15) is 12.7 Å². The van der Waals surface area contributed by atoms with Gasteiger partial charge in [-0.25, -0.2) is 0 Å². The van der Waals surface area contributed by atoms with Crippen molar-refractivity contribution in [1.29, 1.82) is 0 Å². The third-order valence-corrected chi connectivity index (χ3v) is 4.23. The van der Waals surface area contributed by atoms with Crippen LogP contribution in [0.15, 0.2) is 60.7 Å². The van der Waals surface area contributed by atoms with E-state index >= 15 is 0 Å². The van der Waals surface area contributed by atoms with Crippen molar-refractivity contribution < 1.29 is 4.74 Å². The predicted molar refractivity (Wildman–Crippen MR) is 105 cm³/mol. The maximum atomic E-state index is 6.12. The zero-order valence-corrected chi connectivity index (χ0v) is 15.4. The summed E-state index contributed by atoms with van der Waals surface area (Å²) in [6.45, 7) is 7.85. The van der Waals surface area contributed by atoms with Crippen molar-refractivity contribution in [3.8, 4) is 11.8 Å². The molecular formula is C23H29NO. The number of rotatable bonds is 9. The number of nitrogens with zero attached hydrogens (tertiary/aromatic N) is 1. The van der Waals surface area contributed by atoms with Gasteiger partial charge in [0.2, 0.25) is 0 Å². The Morgan fingerprint density at radius 2 is 1.48 bits per heavy atom. The molecule has 2 nitrogen and oxygen atoms in total. The largest absolute Gasteiger partial charge is 0.356 e. The van der Waals surface area contributed by atoms with E-state index in [-0.39, 0.29) is 6.10 Å². The fourth-order valence-electron chi connectivity index (χ4n) is 2.71. The van der Waals surface area contributed by atoms with E-state index in [1.807, 2.05) is 36.4 Å². The molecule has 0 unspecified atom stereocenters. The van der Waals surface area contributed by atoms with Gasteiger partial charge in [0.15, 0.2) is 0 Å². The van der Waals surface area contributed by atoms with Crippen molar-refractivity contribution in [1.82, 2.24) is 4.90 Å². The molecular weight excluding hydrogens is 306 g/mol. The van der Waals surface area contributed by atoms with Gasteiger partial charge >= 0.3 is 0 Å². The number of unbranched alkanes of at least 4 members (excludes halogenated alkanes) is 1. The van der Waals surface area contributed by atoms with Crippen LogP contribution in [0.3, 0.4) is 0 Å². The molecule has 0 atom stereocenters. The fourth-order valence-corrected chi connectivity index (χ4v) is 2.71. The van der Waals surface area contributed by atoms with Gasteiger partial charge in [0.25, 0.3) is 0 Å². The summed E-state index contributed by atoms with van der Waals surface area (Å²) in [4.78, 5) is 2.38. The van der Waals surface area contributed by atoms with Gasteiger partial charge in [-0.15, -0.1) is 0 Å². The molecule has 2 heteroatoms. The van der Waals surface area contributed by atoms with Crippen LogP contribution in [0.25, 0.3) is 0 Å². The first-order valence-electron chi connectivity index (χ1n) is 9.24. The number of hydrogen-bond donors (Lipinski definition) is 0. The summed E-state index contributed by atoms with van der Waals surface area (Å²) in [7, 11) is 0. The Hall–Kier alpha value is -2.08. The summed E-state index contributed by atoms with van der Waals surface area (Å²) in [5, 5.41) is 0. The second kappa shape index (κ2) is 11.5. The average Bonchev–Trinajstić information content (AvgIpc) is 2.68. The molecule has 0 aliphatic heterocycles. The van der Waals surface area contributed by atoms with Crippen LogP contribution in [0.5, 0.6) is 0 Å². The van der Waals surface area contributed by atoms with E-state index in [1.54, 1.807) is 0 Å². The highest BCUT2D eigenvalue weighted by Gasteiger charge is 2.13. The first kappa shape index (κ1) is 19.2. The SMILES string of the molecule is CCCCN(CC)CC#CCOC(c1ccccc1)c1ccccc1. The summed E-state index contributed by atoms with van der Waals surface area (Å²) < 4.78 is 6.12. The van der Waals surface area contributed by atoms with E-state index in [4.69, 9.17) is 4.74 Å². The van der Waals surface area contributed by atoms with Crippen LogP contribution in [-0.4, -0.2) is 31.1 Å². The number of benzene rings is 2. The van der Waals surface area contributed by atoms with Crippen LogP contribution in [0.1, 0.15) is 43.9 Å². The molecule has 0 radical (unpaired) electrons. The van der Waals surface area contributed by atoms with Crippen LogP contribution < -0.4 is 0 Å². The van der Waals surface area contributed by atoms with Crippen molar-refractivity contribution >= 4 is 0 Å². The maximum absolute atomic E-state index is 6.12. The summed E-state index contributed by atoms with van der Waals surface area (Å²) in [6, 6.07) is 20.7. The normalized spacial score (nSPS) is 10.7. The summed E-state index contributed by atoms with van der Waals surface area (Å²) in [5.41, 5.74) is 2.32. The third kappa shape index (κ3) is 6.74. The molecule has 0 aromatic heterocycles. The highest BCUT2D eigenvalue weighted by Crippen LogP contribution is 2.25. The quantitative estimate of drug-likeness (QED) is 0.603. The van der Waals surface area contributed by atoms with E-state index in [9.17, 15) is 0 Å². The van der Waals surface area contributed by atoms with Crippen LogP contribution in [-0.2, 0) is 4.74 Å². The molecule has 2 aromatic rings. The third-order valence-electron chi connectivity index (χ3n) is 4.23. The Morgan fingerprint density at radius 3 is 2.00 bits per heavy atom. The van der Waals surface area contributed by atoms with Gasteiger partial charge < -0.3 is 4.74 Å². The molecule has 0 bridgehead atoms. The second-order valence-electron chi connectivity index (χ2n) is 6.09. The molecule has 2 rings (SSSR count). The Morgan fingerprint density at radius 1 is 0.880 bits per heavy atom. The Bertz CT molecular complexity index is 603. The van der Waals surface area contributed by atoms with E-state index < -0.39 is 0 Å². The van der Waals surface area contributed by atoms with Gasteiger partial charge in [0.05, 0.1) is 6.54 Å². The van der Waals surface area contributed by atoms with Gasteiger partial charge in [-0.05, 0) is 30.6 Å². The minimum atomic E-state index is -0.0703. The topological polar surface area (TPSA) is 12.5 Å². The zero-order valence-electron chi connectivity index (χ0n) is 15.4. The lowest BCUT2D eigenvalue weighted by molar-refractivity contribution is 0.108. The Balaban J connectivity index is 1.94.